The molecule has 1 aliphatic rings. The van der Waals surface area contributed by atoms with Crippen molar-refractivity contribution in [2.24, 2.45) is 5.92 Å². The Hall–Kier alpha value is -2.21. The number of hydrogen-bond acceptors (Lipinski definition) is 3. The van der Waals surface area contributed by atoms with Gasteiger partial charge in [0.05, 0.1) is 17.3 Å². The maximum Gasteiger partial charge on any atom is 0.306 e. The Kier molecular flexibility index (Phi) is 5.18. The third-order valence-corrected chi connectivity index (χ3v) is 5.01. The number of carboxylic acid groups (broad SMARTS) is 1. The van der Waals surface area contributed by atoms with E-state index >= 15 is 0 Å². The van der Waals surface area contributed by atoms with E-state index in [0.717, 1.165) is 16.9 Å². The highest BCUT2D eigenvalue weighted by Gasteiger charge is 2.37. The second kappa shape index (κ2) is 7.35. The Balaban J connectivity index is 1.54. The van der Waals surface area contributed by atoms with Crippen LogP contribution in [0.15, 0.2) is 36.5 Å². The third kappa shape index (κ3) is 4.25. The molecule has 6 heteroatoms. The molecule has 1 aromatic carbocycles. The number of benzene rings is 1. The van der Waals surface area contributed by atoms with Crippen LogP contribution in [0.3, 0.4) is 0 Å². The maximum atomic E-state index is 14.8. The van der Waals surface area contributed by atoms with Crippen LogP contribution in [0.5, 0.6) is 0 Å². The Labute approximate surface area is 146 Å². The van der Waals surface area contributed by atoms with Gasteiger partial charge < -0.3 is 10.4 Å². The Bertz CT molecular complexity index is 722. The minimum Gasteiger partial charge on any atom is -0.481 e. The van der Waals surface area contributed by atoms with Crippen LogP contribution in [0.4, 0.5) is 4.39 Å². The molecule has 0 aliphatic heterocycles. The molecule has 0 atom stereocenters. The molecule has 134 valence electrons. The lowest BCUT2D eigenvalue weighted by atomic mass is 9.80. The van der Waals surface area contributed by atoms with Crippen molar-refractivity contribution in [3.8, 4) is 5.69 Å². The van der Waals surface area contributed by atoms with Crippen LogP contribution >= 0.6 is 0 Å². The Morgan fingerprint density at radius 2 is 2.04 bits per heavy atom. The Morgan fingerprint density at radius 3 is 2.68 bits per heavy atom. The van der Waals surface area contributed by atoms with Crippen molar-refractivity contribution in [3.63, 3.8) is 0 Å². The molecule has 0 bridgehead atoms. The van der Waals surface area contributed by atoms with Crippen LogP contribution < -0.4 is 5.32 Å². The van der Waals surface area contributed by atoms with Crippen molar-refractivity contribution in [2.45, 2.75) is 44.8 Å². The molecule has 0 amide bonds. The number of aliphatic carboxylic acids is 1. The fraction of sp³-hybridized carbons (Fsp3) is 0.474. The number of aromatic nitrogens is 2. The molecule has 1 heterocycles. The Morgan fingerprint density at radius 1 is 1.36 bits per heavy atom. The molecule has 25 heavy (non-hydrogen) atoms. The first-order valence-corrected chi connectivity index (χ1v) is 8.70. The van der Waals surface area contributed by atoms with E-state index in [-0.39, 0.29) is 6.54 Å². The van der Waals surface area contributed by atoms with Gasteiger partial charge in [0.25, 0.3) is 0 Å². The van der Waals surface area contributed by atoms with E-state index in [1.54, 1.807) is 0 Å². The van der Waals surface area contributed by atoms with Gasteiger partial charge in [-0.25, -0.2) is 9.07 Å². The first-order valence-electron chi connectivity index (χ1n) is 8.70. The lowest BCUT2D eigenvalue weighted by Crippen LogP contribution is -2.40. The molecule has 1 saturated carbocycles. The van der Waals surface area contributed by atoms with Crippen LogP contribution in [-0.2, 0) is 11.3 Å². The van der Waals surface area contributed by atoms with E-state index in [9.17, 15) is 9.18 Å². The average molecular weight is 345 g/mol. The molecule has 0 spiro atoms. The van der Waals surface area contributed by atoms with Crippen LogP contribution in [0.1, 0.15) is 36.9 Å². The SMILES string of the molecule is Cc1nn(-c2ccccc2)cc1CNCC1(F)CCC(C(=O)O)CC1. The molecule has 3 rings (SSSR count). The molecular weight excluding hydrogens is 321 g/mol. The quantitative estimate of drug-likeness (QED) is 0.843. The summed E-state index contributed by atoms with van der Waals surface area (Å²) in [5.41, 5.74) is 1.63. The number of alkyl halides is 1. The second-order valence-electron chi connectivity index (χ2n) is 6.89. The van der Waals surface area contributed by atoms with Crippen molar-refractivity contribution in [1.82, 2.24) is 15.1 Å². The van der Waals surface area contributed by atoms with Crippen molar-refractivity contribution < 1.29 is 14.3 Å². The summed E-state index contributed by atoms with van der Waals surface area (Å²) < 4.78 is 16.6. The molecule has 1 fully saturated rings. The number of halogens is 1. The maximum absolute atomic E-state index is 14.8. The number of carboxylic acids is 1. The normalized spacial score (nSPS) is 23.5. The minimum atomic E-state index is -1.31. The summed E-state index contributed by atoms with van der Waals surface area (Å²) in [5, 5.41) is 16.7. The van der Waals surface area contributed by atoms with E-state index in [2.05, 4.69) is 10.4 Å². The summed E-state index contributed by atoms with van der Waals surface area (Å²) in [7, 11) is 0. The summed E-state index contributed by atoms with van der Waals surface area (Å²) in [6, 6.07) is 9.86. The van der Waals surface area contributed by atoms with Crippen LogP contribution in [0, 0.1) is 12.8 Å². The predicted octanol–water partition coefficient (Wildman–Crippen LogP) is 3.25. The van der Waals surface area contributed by atoms with Gasteiger partial charge in [0, 0.05) is 24.8 Å². The fourth-order valence-corrected chi connectivity index (χ4v) is 3.36. The fourth-order valence-electron chi connectivity index (χ4n) is 3.36. The van der Waals surface area contributed by atoms with E-state index in [4.69, 9.17) is 5.11 Å². The van der Waals surface area contributed by atoms with Crippen molar-refractivity contribution >= 4 is 5.97 Å². The number of hydrogen-bond donors (Lipinski definition) is 2. The lowest BCUT2D eigenvalue weighted by Gasteiger charge is -2.32. The highest BCUT2D eigenvalue weighted by Crippen LogP contribution is 2.34. The first kappa shape index (κ1) is 17.6. The summed E-state index contributed by atoms with van der Waals surface area (Å²) >= 11 is 0. The molecule has 2 N–H and O–H groups in total. The molecule has 2 aromatic rings. The topological polar surface area (TPSA) is 67.2 Å². The number of rotatable bonds is 6. The average Bonchev–Trinajstić information content (AvgIpc) is 2.97. The van der Waals surface area contributed by atoms with Crippen molar-refractivity contribution in [1.29, 1.82) is 0 Å². The molecule has 5 nitrogen and oxygen atoms in total. The standard InChI is InChI=1S/C19H24FN3O2/c1-14-16(12-23(22-14)17-5-3-2-4-6-17)11-21-13-19(20)9-7-15(8-10-19)18(24)25/h2-6,12,15,21H,7-11,13H2,1H3,(H,24,25). The summed E-state index contributed by atoms with van der Waals surface area (Å²) in [6.07, 6.45) is 3.40. The molecular formula is C19H24FN3O2. The number of nitrogens with one attached hydrogen (secondary N) is 1. The number of aryl methyl sites for hydroxylation is 1. The van der Waals surface area contributed by atoms with Crippen molar-refractivity contribution in [2.75, 3.05) is 6.54 Å². The molecule has 0 saturated heterocycles. The highest BCUT2D eigenvalue weighted by molar-refractivity contribution is 5.70. The van der Waals surface area contributed by atoms with Crippen molar-refractivity contribution in [3.05, 3.63) is 47.8 Å². The van der Waals surface area contributed by atoms with E-state index in [1.165, 1.54) is 0 Å². The van der Waals surface area contributed by atoms with Crippen LogP contribution in [0.2, 0.25) is 0 Å². The zero-order valence-corrected chi connectivity index (χ0v) is 14.4. The number of nitrogens with zero attached hydrogens (tertiary/aromatic N) is 2. The smallest absolute Gasteiger partial charge is 0.306 e. The highest BCUT2D eigenvalue weighted by atomic mass is 19.1. The first-order chi connectivity index (χ1) is 12.0. The third-order valence-electron chi connectivity index (χ3n) is 5.01. The van der Waals surface area contributed by atoms with E-state index in [1.807, 2.05) is 48.1 Å². The lowest BCUT2D eigenvalue weighted by molar-refractivity contribution is -0.143. The molecule has 0 radical (unpaired) electrons. The zero-order valence-electron chi connectivity index (χ0n) is 14.4. The van der Waals surface area contributed by atoms with Crippen LogP contribution in [0.25, 0.3) is 5.69 Å². The number of para-hydroxylation sites is 1. The predicted molar refractivity (Wildman–Crippen MR) is 93.4 cm³/mol. The molecule has 1 aliphatic carbocycles. The van der Waals surface area contributed by atoms with E-state index in [0.29, 0.717) is 32.2 Å². The van der Waals surface area contributed by atoms with Gasteiger partial charge in [0.1, 0.15) is 5.67 Å². The zero-order chi connectivity index (χ0) is 17.9. The van der Waals surface area contributed by atoms with Gasteiger partial charge in [-0.2, -0.15) is 5.10 Å². The minimum absolute atomic E-state index is 0.245. The van der Waals surface area contributed by atoms with Gasteiger partial charge in [0.15, 0.2) is 0 Å². The summed E-state index contributed by atoms with van der Waals surface area (Å²) in [4.78, 5) is 11.0. The number of carbonyl (C=O) groups is 1. The summed E-state index contributed by atoms with van der Waals surface area (Å²) in [5.74, 6) is -1.20. The van der Waals surface area contributed by atoms with Gasteiger partial charge >= 0.3 is 5.97 Å². The monoisotopic (exact) mass is 345 g/mol. The van der Waals surface area contributed by atoms with E-state index < -0.39 is 17.6 Å². The van der Waals surface area contributed by atoms with Crippen LogP contribution in [-0.4, -0.2) is 33.1 Å². The van der Waals surface area contributed by atoms with Gasteiger partial charge in [-0.05, 0) is 44.7 Å². The van der Waals surface area contributed by atoms with Gasteiger partial charge in [0.2, 0.25) is 0 Å². The van der Waals surface area contributed by atoms with Gasteiger partial charge in [-0.1, -0.05) is 18.2 Å². The molecule has 1 aromatic heterocycles. The second-order valence-corrected chi connectivity index (χ2v) is 6.89. The summed E-state index contributed by atoms with van der Waals surface area (Å²) in [6.45, 7) is 2.74. The largest absolute Gasteiger partial charge is 0.481 e. The van der Waals surface area contributed by atoms with Gasteiger partial charge in [-0.15, -0.1) is 0 Å². The molecule has 0 unspecified atom stereocenters. The van der Waals surface area contributed by atoms with Gasteiger partial charge in [-0.3, -0.25) is 4.79 Å².